The highest BCUT2D eigenvalue weighted by molar-refractivity contribution is 4.84. The molecule has 1 saturated carbocycles. The van der Waals surface area contributed by atoms with Gasteiger partial charge in [-0.05, 0) is 43.6 Å². The largest absolute Gasteiger partial charge is 0.381 e. The van der Waals surface area contributed by atoms with Crippen LogP contribution < -0.4 is 11.1 Å². The maximum Gasteiger partial charge on any atom is 0.0591 e. The highest BCUT2D eigenvalue weighted by atomic mass is 16.5. The van der Waals surface area contributed by atoms with Gasteiger partial charge in [-0.15, -0.1) is 0 Å². The molecule has 0 radical (unpaired) electrons. The van der Waals surface area contributed by atoms with Crippen LogP contribution in [0.15, 0.2) is 0 Å². The minimum Gasteiger partial charge on any atom is -0.381 e. The number of hydrogen-bond donors (Lipinski definition) is 2. The Hall–Kier alpha value is -0.160. The van der Waals surface area contributed by atoms with Crippen molar-refractivity contribution >= 4 is 0 Å². The summed E-state index contributed by atoms with van der Waals surface area (Å²) in [6, 6.07) is 0. The van der Waals surface area contributed by atoms with Gasteiger partial charge in [-0.3, -0.25) is 0 Å². The molecule has 0 aromatic carbocycles. The molecule has 3 N–H and O–H groups in total. The van der Waals surface area contributed by atoms with E-state index in [1.807, 2.05) is 0 Å². The number of nitrogens with two attached hydrogens (primary N) is 1. The molecule has 0 bridgehead atoms. The van der Waals surface area contributed by atoms with Gasteiger partial charge < -0.3 is 20.5 Å². The fourth-order valence-corrected chi connectivity index (χ4v) is 2.29. The van der Waals surface area contributed by atoms with Gasteiger partial charge in [-0.1, -0.05) is 0 Å². The van der Waals surface area contributed by atoms with E-state index in [0.29, 0.717) is 0 Å². The average Bonchev–Trinajstić information content (AvgIpc) is 3.19. The van der Waals surface area contributed by atoms with Crippen molar-refractivity contribution in [3.05, 3.63) is 0 Å². The first-order valence-corrected chi connectivity index (χ1v) is 6.91. The molecule has 0 aromatic rings. The molecule has 1 aliphatic carbocycles. The van der Waals surface area contributed by atoms with Crippen LogP contribution in [-0.2, 0) is 9.47 Å². The van der Waals surface area contributed by atoms with Gasteiger partial charge in [-0.25, -0.2) is 0 Å². The highest BCUT2D eigenvalue weighted by Crippen LogP contribution is 2.29. The lowest BCUT2D eigenvalue weighted by Gasteiger charge is -2.36. The molecule has 100 valence electrons. The van der Waals surface area contributed by atoms with Crippen LogP contribution in [0.25, 0.3) is 0 Å². The van der Waals surface area contributed by atoms with Crippen molar-refractivity contribution in [3.63, 3.8) is 0 Å². The van der Waals surface area contributed by atoms with Crippen LogP contribution in [0.2, 0.25) is 0 Å². The summed E-state index contributed by atoms with van der Waals surface area (Å²) in [5.74, 6) is 0.862. The molecule has 4 nitrogen and oxygen atoms in total. The maximum absolute atomic E-state index is 5.90. The molecule has 4 heteroatoms. The predicted molar refractivity (Wildman–Crippen MR) is 68.0 cm³/mol. The summed E-state index contributed by atoms with van der Waals surface area (Å²) in [4.78, 5) is 0. The Morgan fingerprint density at radius 2 is 2.06 bits per heavy atom. The first kappa shape index (κ1) is 13.3. The lowest BCUT2D eigenvalue weighted by Crippen LogP contribution is -2.45. The van der Waals surface area contributed by atoms with Gasteiger partial charge in [0, 0.05) is 32.9 Å². The maximum atomic E-state index is 5.90. The zero-order valence-electron chi connectivity index (χ0n) is 10.7. The van der Waals surface area contributed by atoms with Crippen LogP contribution in [-0.4, -0.2) is 46.1 Å². The zero-order valence-corrected chi connectivity index (χ0v) is 10.7. The van der Waals surface area contributed by atoms with E-state index in [-0.39, 0.29) is 5.41 Å². The standard InChI is InChI=1S/C13H26N2O2/c14-10-13(3-6-16-7-4-13)11-15-5-8-17-9-12-1-2-12/h12,15H,1-11,14H2. The molecular weight excluding hydrogens is 216 g/mol. The molecule has 17 heavy (non-hydrogen) atoms. The van der Waals surface area contributed by atoms with E-state index in [2.05, 4.69) is 5.32 Å². The molecule has 0 unspecified atom stereocenters. The van der Waals surface area contributed by atoms with Crippen LogP contribution in [0.3, 0.4) is 0 Å². The normalized spacial score (nSPS) is 23.8. The van der Waals surface area contributed by atoms with E-state index in [9.17, 15) is 0 Å². The second kappa shape index (κ2) is 6.69. The van der Waals surface area contributed by atoms with Crippen molar-refractivity contribution < 1.29 is 9.47 Å². The summed E-state index contributed by atoms with van der Waals surface area (Å²) in [5, 5.41) is 3.48. The summed E-state index contributed by atoms with van der Waals surface area (Å²) in [6.45, 7) is 6.20. The van der Waals surface area contributed by atoms with Gasteiger partial charge in [0.2, 0.25) is 0 Å². The van der Waals surface area contributed by atoms with E-state index in [1.54, 1.807) is 0 Å². The SMILES string of the molecule is NCC1(CNCCOCC2CC2)CCOCC1. The topological polar surface area (TPSA) is 56.5 Å². The van der Waals surface area contributed by atoms with Crippen LogP contribution >= 0.6 is 0 Å². The summed E-state index contributed by atoms with van der Waals surface area (Å²) < 4.78 is 11.0. The van der Waals surface area contributed by atoms with Crippen LogP contribution in [0.4, 0.5) is 0 Å². The first-order chi connectivity index (χ1) is 8.35. The van der Waals surface area contributed by atoms with Gasteiger partial charge >= 0.3 is 0 Å². The predicted octanol–water partition coefficient (Wildman–Crippen LogP) is 0.758. The summed E-state index contributed by atoms with van der Waals surface area (Å²) in [5.41, 5.74) is 6.16. The van der Waals surface area contributed by atoms with Gasteiger partial charge in [0.05, 0.1) is 6.61 Å². The van der Waals surface area contributed by atoms with E-state index >= 15 is 0 Å². The zero-order chi connectivity index (χ0) is 12.0. The third kappa shape index (κ3) is 4.54. The third-order valence-electron chi connectivity index (χ3n) is 3.96. The van der Waals surface area contributed by atoms with Crippen LogP contribution in [0.5, 0.6) is 0 Å². The lowest BCUT2D eigenvalue weighted by molar-refractivity contribution is 0.0181. The van der Waals surface area contributed by atoms with Crippen molar-refractivity contribution in [2.24, 2.45) is 17.1 Å². The number of nitrogens with one attached hydrogen (secondary N) is 1. The number of rotatable bonds is 8. The molecule has 1 aliphatic heterocycles. The van der Waals surface area contributed by atoms with E-state index in [4.69, 9.17) is 15.2 Å². The Balaban J connectivity index is 1.52. The van der Waals surface area contributed by atoms with Gasteiger partial charge in [-0.2, -0.15) is 0 Å². The van der Waals surface area contributed by atoms with Crippen LogP contribution in [0, 0.1) is 11.3 Å². The third-order valence-corrected chi connectivity index (χ3v) is 3.96. The Bertz CT molecular complexity index is 213. The van der Waals surface area contributed by atoms with Gasteiger partial charge in [0.1, 0.15) is 0 Å². The molecular formula is C13H26N2O2. The molecule has 1 saturated heterocycles. The smallest absolute Gasteiger partial charge is 0.0591 e. The number of ether oxygens (including phenoxy) is 2. The Labute approximate surface area is 104 Å². The first-order valence-electron chi connectivity index (χ1n) is 6.91. The van der Waals surface area contributed by atoms with Crippen molar-refractivity contribution in [3.8, 4) is 0 Å². The fraction of sp³-hybridized carbons (Fsp3) is 1.00. The molecule has 0 amide bonds. The van der Waals surface area contributed by atoms with Gasteiger partial charge in [0.15, 0.2) is 0 Å². The van der Waals surface area contributed by atoms with Crippen molar-refractivity contribution in [1.82, 2.24) is 5.32 Å². The average molecular weight is 242 g/mol. The molecule has 0 spiro atoms. The fourth-order valence-electron chi connectivity index (χ4n) is 2.29. The quantitative estimate of drug-likeness (QED) is 0.617. The van der Waals surface area contributed by atoms with Crippen molar-refractivity contribution in [1.29, 1.82) is 0 Å². The summed E-state index contributed by atoms with van der Waals surface area (Å²) in [7, 11) is 0. The number of hydrogen-bond acceptors (Lipinski definition) is 4. The molecule has 2 aliphatic rings. The van der Waals surface area contributed by atoms with Gasteiger partial charge in [0.25, 0.3) is 0 Å². The Kier molecular flexibility index (Phi) is 5.22. The van der Waals surface area contributed by atoms with Crippen LogP contribution in [0.1, 0.15) is 25.7 Å². The minimum absolute atomic E-state index is 0.259. The Morgan fingerprint density at radius 3 is 2.71 bits per heavy atom. The molecule has 0 atom stereocenters. The molecule has 0 aromatic heterocycles. The van der Waals surface area contributed by atoms with E-state index < -0.39 is 0 Å². The second-order valence-electron chi connectivity index (χ2n) is 5.51. The highest BCUT2D eigenvalue weighted by Gasteiger charge is 2.30. The molecule has 1 heterocycles. The van der Waals surface area contributed by atoms with E-state index in [0.717, 1.165) is 64.8 Å². The van der Waals surface area contributed by atoms with Crippen molar-refractivity contribution in [2.45, 2.75) is 25.7 Å². The Morgan fingerprint density at radius 1 is 1.29 bits per heavy atom. The molecule has 2 fully saturated rings. The molecule has 2 rings (SSSR count). The second-order valence-corrected chi connectivity index (χ2v) is 5.51. The summed E-state index contributed by atoms with van der Waals surface area (Å²) >= 11 is 0. The monoisotopic (exact) mass is 242 g/mol. The summed E-state index contributed by atoms with van der Waals surface area (Å²) in [6.07, 6.45) is 4.90. The lowest BCUT2D eigenvalue weighted by atomic mass is 9.80. The minimum atomic E-state index is 0.259. The van der Waals surface area contributed by atoms with E-state index in [1.165, 1.54) is 12.8 Å². The van der Waals surface area contributed by atoms with Crippen molar-refractivity contribution in [2.75, 3.05) is 46.1 Å².